The summed E-state index contributed by atoms with van der Waals surface area (Å²) < 4.78 is 16.7. The fraction of sp³-hybridized carbons (Fsp3) is 0.647. The highest BCUT2D eigenvalue weighted by molar-refractivity contribution is 5.77. The van der Waals surface area contributed by atoms with Crippen molar-refractivity contribution in [2.75, 3.05) is 7.11 Å². The molecule has 9 heteroatoms. The van der Waals surface area contributed by atoms with Crippen molar-refractivity contribution >= 4 is 12.1 Å². The zero-order valence-corrected chi connectivity index (χ0v) is 16.2. The number of methoxy groups -OCH3 is 1. The van der Waals surface area contributed by atoms with E-state index in [2.05, 4.69) is 27.5 Å². The van der Waals surface area contributed by atoms with E-state index in [1.165, 1.54) is 18.0 Å². The minimum atomic E-state index is -1.01. The standard InChI is InChI=1S/C17H26N4O5/c1-16(2,3)25-9-8-12(14(22)24-7)21-11-19-20-13(21)10-18-15(23)26-17(4,5)6/h11-12H,10H2,1-7H3,(H,18,23)/t12-/m0/s1. The molecular weight excluding hydrogens is 340 g/mol. The third-order valence-electron chi connectivity index (χ3n) is 2.69. The maximum atomic E-state index is 12.1. The lowest BCUT2D eigenvalue weighted by Gasteiger charge is -2.20. The lowest BCUT2D eigenvalue weighted by molar-refractivity contribution is -0.142. The summed E-state index contributed by atoms with van der Waals surface area (Å²) in [5.74, 6) is 2.40. The number of nitrogens with zero attached hydrogens (tertiary/aromatic N) is 3. The van der Waals surface area contributed by atoms with Crippen molar-refractivity contribution in [2.45, 2.75) is 65.3 Å². The molecule has 1 rings (SSSR count). The molecule has 0 bridgehead atoms. The van der Waals surface area contributed by atoms with E-state index in [9.17, 15) is 9.59 Å². The Labute approximate surface area is 153 Å². The molecule has 0 fully saturated rings. The van der Waals surface area contributed by atoms with E-state index in [1.54, 1.807) is 20.8 Å². The van der Waals surface area contributed by atoms with Gasteiger partial charge in [0.1, 0.15) is 23.6 Å². The molecule has 144 valence electrons. The van der Waals surface area contributed by atoms with Gasteiger partial charge in [-0.15, -0.1) is 10.2 Å². The van der Waals surface area contributed by atoms with Crippen LogP contribution in [0, 0.1) is 12.0 Å². The van der Waals surface area contributed by atoms with Gasteiger partial charge in [-0.3, -0.25) is 4.57 Å². The van der Waals surface area contributed by atoms with Crippen LogP contribution in [0.4, 0.5) is 4.79 Å². The third-order valence-corrected chi connectivity index (χ3v) is 2.69. The molecule has 1 N–H and O–H groups in total. The van der Waals surface area contributed by atoms with Crippen LogP contribution in [0.25, 0.3) is 0 Å². The van der Waals surface area contributed by atoms with Gasteiger partial charge in [0.15, 0.2) is 11.9 Å². The normalized spacial score (nSPS) is 12.4. The van der Waals surface area contributed by atoms with Crippen molar-refractivity contribution in [1.29, 1.82) is 0 Å². The van der Waals surface area contributed by atoms with E-state index in [0.717, 1.165) is 0 Å². The Kier molecular flexibility index (Phi) is 7.01. The number of alkyl carbamates (subject to hydrolysis) is 1. The second-order valence-corrected chi connectivity index (χ2v) is 7.40. The predicted octanol–water partition coefficient (Wildman–Crippen LogP) is 1.79. The molecule has 1 heterocycles. The second kappa shape index (κ2) is 8.56. The van der Waals surface area contributed by atoms with E-state index in [1.807, 2.05) is 20.8 Å². The van der Waals surface area contributed by atoms with Crippen LogP contribution in [0.5, 0.6) is 0 Å². The Morgan fingerprint density at radius 1 is 1.23 bits per heavy atom. The van der Waals surface area contributed by atoms with Crippen LogP contribution in [-0.4, -0.2) is 45.1 Å². The quantitative estimate of drug-likeness (QED) is 0.640. The number of nitrogens with one attached hydrogen (secondary N) is 1. The van der Waals surface area contributed by atoms with Gasteiger partial charge in [0.05, 0.1) is 13.7 Å². The van der Waals surface area contributed by atoms with E-state index < -0.39 is 29.3 Å². The molecule has 0 aliphatic rings. The van der Waals surface area contributed by atoms with Gasteiger partial charge < -0.3 is 19.5 Å². The highest BCUT2D eigenvalue weighted by atomic mass is 16.6. The average Bonchev–Trinajstić information content (AvgIpc) is 2.94. The van der Waals surface area contributed by atoms with Gasteiger partial charge in [-0.2, -0.15) is 0 Å². The maximum Gasteiger partial charge on any atom is 0.408 e. The van der Waals surface area contributed by atoms with Gasteiger partial charge >= 0.3 is 12.1 Å². The van der Waals surface area contributed by atoms with Crippen LogP contribution in [0.2, 0.25) is 0 Å². The van der Waals surface area contributed by atoms with Crippen molar-refractivity contribution in [3.05, 3.63) is 12.2 Å². The van der Waals surface area contributed by atoms with Gasteiger partial charge in [-0.25, -0.2) is 9.59 Å². The molecule has 0 aliphatic carbocycles. The lowest BCUT2D eigenvalue weighted by atomic mass is 10.2. The fourth-order valence-corrected chi connectivity index (χ4v) is 1.67. The maximum absolute atomic E-state index is 12.1. The van der Waals surface area contributed by atoms with Crippen molar-refractivity contribution in [2.24, 2.45) is 0 Å². The van der Waals surface area contributed by atoms with E-state index in [4.69, 9.17) is 14.2 Å². The summed E-state index contributed by atoms with van der Waals surface area (Å²) in [7, 11) is 1.25. The van der Waals surface area contributed by atoms with Crippen LogP contribution >= 0.6 is 0 Å². The highest BCUT2D eigenvalue weighted by Gasteiger charge is 2.24. The molecular formula is C17H26N4O5. The van der Waals surface area contributed by atoms with Crippen LogP contribution in [0.15, 0.2) is 6.33 Å². The first-order valence-corrected chi connectivity index (χ1v) is 8.04. The van der Waals surface area contributed by atoms with Gasteiger partial charge in [-0.05, 0) is 47.5 Å². The Bertz CT molecular complexity index is 688. The molecule has 0 radical (unpaired) electrons. The zero-order chi connectivity index (χ0) is 20.0. The van der Waals surface area contributed by atoms with Crippen molar-refractivity contribution in [3.8, 4) is 12.0 Å². The number of hydrogen-bond donors (Lipinski definition) is 1. The second-order valence-electron chi connectivity index (χ2n) is 7.40. The van der Waals surface area contributed by atoms with E-state index >= 15 is 0 Å². The minimum Gasteiger partial charge on any atom is -0.467 e. The van der Waals surface area contributed by atoms with Crippen molar-refractivity contribution < 1.29 is 23.8 Å². The fourth-order valence-electron chi connectivity index (χ4n) is 1.67. The first-order valence-electron chi connectivity index (χ1n) is 8.04. The molecule has 0 aromatic carbocycles. The SMILES string of the molecule is COC(=O)[C@H](C#COC(C)(C)C)n1cnnc1CNC(=O)OC(C)(C)C. The van der Waals surface area contributed by atoms with Gasteiger partial charge in [-0.1, -0.05) is 0 Å². The molecule has 0 saturated heterocycles. The highest BCUT2D eigenvalue weighted by Crippen LogP contribution is 2.12. The summed E-state index contributed by atoms with van der Waals surface area (Å²) in [6.07, 6.45) is 3.24. The Morgan fingerprint density at radius 3 is 2.42 bits per heavy atom. The monoisotopic (exact) mass is 366 g/mol. The number of amides is 1. The van der Waals surface area contributed by atoms with Gasteiger partial charge in [0, 0.05) is 0 Å². The number of esters is 1. The summed E-state index contributed by atoms with van der Waals surface area (Å²) in [5.41, 5.74) is -1.11. The van der Waals surface area contributed by atoms with Crippen LogP contribution in [-0.2, 0) is 25.5 Å². The number of ether oxygens (including phenoxy) is 3. The molecule has 1 amide bonds. The Balaban J connectivity index is 2.92. The number of carbonyl (C=O) groups excluding carboxylic acids is 2. The number of rotatable bonds is 4. The predicted molar refractivity (Wildman–Crippen MR) is 92.8 cm³/mol. The molecule has 9 nitrogen and oxygen atoms in total. The molecule has 0 saturated carbocycles. The molecule has 0 spiro atoms. The number of aromatic nitrogens is 3. The first kappa shape index (κ1) is 21.3. The van der Waals surface area contributed by atoms with Crippen LogP contribution < -0.4 is 5.32 Å². The smallest absolute Gasteiger partial charge is 0.408 e. The van der Waals surface area contributed by atoms with E-state index in [-0.39, 0.29) is 6.54 Å². The lowest BCUT2D eigenvalue weighted by Crippen LogP contribution is -2.33. The molecule has 26 heavy (non-hydrogen) atoms. The largest absolute Gasteiger partial charge is 0.467 e. The van der Waals surface area contributed by atoms with Crippen LogP contribution in [0.1, 0.15) is 53.4 Å². The van der Waals surface area contributed by atoms with Gasteiger partial charge in [0.25, 0.3) is 0 Å². The Hall–Kier alpha value is -2.76. The number of carbonyl (C=O) groups is 2. The van der Waals surface area contributed by atoms with Gasteiger partial charge in [0.2, 0.25) is 0 Å². The summed E-state index contributed by atoms with van der Waals surface area (Å²) >= 11 is 0. The molecule has 0 aliphatic heterocycles. The number of hydrogen-bond acceptors (Lipinski definition) is 7. The zero-order valence-electron chi connectivity index (χ0n) is 16.2. The molecule has 0 unspecified atom stereocenters. The first-order chi connectivity index (χ1) is 11.9. The minimum absolute atomic E-state index is 0.00418. The van der Waals surface area contributed by atoms with Crippen LogP contribution in [0.3, 0.4) is 0 Å². The van der Waals surface area contributed by atoms with Crippen molar-refractivity contribution in [1.82, 2.24) is 20.1 Å². The summed E-state index contributed by atoms with van der Waals surface area (Å²) in [4.78, 5) is 23.9. The summed E-state index contributed by atoms with van der Waals surface area (Å²) in [6, 6.07) is -1.01. The third kappa shape index (κ3) is 7.42. The molecule has 1 aromatic heterocycles. The summed E-state index contributed by atoms with van der Waals surface area (Å²) in [6.45, 7) is 10.8. The summed E-state index contributed by atoms with van der Waals surface area (Å²) in [5, 5.41) is 10.2. The topological polar surface area (TPSA) is 105 Å². The molecule has 1 aromatic rings. The van der Waals surface area contributed by atoms with Crippen molar-refractivity contribution in [3.63, 3.8) is 0 Å². The van der Waals surface area contributed by atoms with E-state index in [0.29, 0.717) is 5.82 Å². The molecule has 1 atom stereocenters. The Morgan fingerprint density at radius 2 is 1.88 bits per heavy atom. The average molecular weight is 366 g/mol.